The van der Waals surface area contributed by atoms with E-state index in [4.69, 9.17) is 4.74 Å². The highest BCUT2D eigenvalue weighted by Crippen LogP contribution is 2.28. The van der Waals surface area contributed by atoms with Gasteiger partial charge in [-0.25, -0.2) is 0 Å². The Morgan fingerprint density at radius 3 is 2.44 bits per heavy atom. The summed E-state index contributed by atoms with van der Waals surface area (Å²) < 4.78 is 6.77. The van der Waals surface area contributed by atoms with E-state index in [-0.39, 0.29) is 17.9 Å². The molecule has 0 unspecified atom stereocenters. The average molecular weight is 342 g/mol. The molecule has 2 heterocycles. The van der Waals surface area contributed by atoms with E-state index in [0.29, 0.717) is 25.3 Å². The fourth-order valence-corrected chi connectivity index (χ4v) is 3.20. The van der Waals surface area contributed by atoms with E-state index in [1.54, 1.807) is 42.9 Å². The summed E-state index contributed by atoms with van der Waals surface area (Å²) in [6.45, 7) is 3.04. The Balaban J connectivity index is 1.85. The zero-order valence-corrected chi connectivity index (χ0v) is 14.7. The van der Waals surface area contributed by atoms with Crippen molar-refractivity contribution in [3.63, 3.8) is 0 Å². The number of rotatable bonds is 3. The zero-order chi connectivity index (χ0) is 18.0. The van der Waals surface area contributed by atoms with Gasteiger partial charge in [-0.05, 0) is 23.8 Å². The van der Waals surface area contributed by atoms with Crippen LogP contribution in [0.25, 0.3) is 0 Å². The van der Waals surface area contributed by atoms with E-state index in [1.807, 2.05) is 29.2 Å². The van der Waals surface area contributed by atoms with Crippen molar-refractivity contribution in [2.45, 2.75) is 13.0 Å². The number of aryl methyl sites for hydroxylation is 1. The van der Waals surface area contributed by atoms with Crippen molar-refractivity contribution in [1.82, 2.24) is 19.6 Å². The lowest BCUT2D eigenvalue weighted by Crippen LogP contribution is -2.52. The Morgan fingerprint density at radius 1 is 1.16 bits per heavy atom. The largest absolute Gasteiger partial charge is 0.497 e. The number of carbonyl (C=O) groups is 2. The summed E-state index contributed by atoms with van der Waals surface area (Å²) in [5.74, 6) is 0.701. The number of aromatic nitrogens is 2. The predicted molar refractivity (Wildman–Crippen MR) is 92.2 cm³/mol. The van der Waals surface area contributed by atoms with Crippen LogP contribution >= 0.6 is 0 Å². The van der Waals surface area contributed by atoms with Gasteiger partial charge < -0.3 is 14.5 Å². The molecule has 7 heteroatoms. The lowest BCUT2D eigenvalue weighted by Gasteiger charge is -2.41. The summed E-state index contributed by atoms with van der Waals surface area (Å²) in [6, 6.07) is 9.16. The van der Waals surface area contributed by atoms with Gasteiger partial charge in [-0.3, -0.25) is 14.3 Å². The van der Waals surface area contributed by atoms with E-state index in [2.05, 4.69) is 5.10 Å². The molecule has 0 N–H and O–H groups in total. The molecule has 25 heavy (non-hydrogen) atoms. The third-order valence-electron chi connectivity index (χ3n) is 4.61. The second kappa shape index (κ2) is 6.96. The van der Waals surface area contributed by atoms with Crippen LogP contribution in [0, 0.1) is 0 Å². The molecule has 0 radical (unpaired) electrons. The first kappa shape index (κ1) is 17.0. The van der Waals surface area contributed by atoms with Crippen molar-refractivity contribution in [3.05, 3.63) is 47.8 Å². The average Bonchev–Trinajstić information content (AvgIpc) is 3.06. The Morgan fingerprint density at radius 2 is 1.88 bits per heavy atom. The van der Waals surface area contributed by atoms with Crippen molar-refractivity contribution in [1.29, 1.82) is 0 Å². The first-order valence-corrected chi connectivity index (χ1v) is 8.19. The van der Waals surface area contributed by atoms with Crippen molar-refractivity contribution < 1.29 is 14.3 Å². The molecule has 1 atom stereocenters. The molecule has 1 saturated heterocycles. The summed E-state index contributed by atoms with van der Waals surface area (Å²) in [5.41, 5.74) is 1.53. The third kappa shape index (κ3) is 3.35. The summed E-state index contributed by atoms with van der Waals surface area (Å²) in [4.78, 5) is 28.4. The van der Waals surface area contributed by atoms with Gasteiger partial charge in [0.2, 0.25) is 5.91 Å². The van der Waals surface area contributed by atoms with Gasteiger partial charge in [-0.1, -0.05) is 12.1 Å². The summed E-state index contributed by atoms with van der Waals surface area (Å²) in [5, 5.41) is 4.06. The lowest BCUT2D eigenvalue weighted by molar-refractivity contribution is -0.133. The fourth-order valence-electron chi connectivity index (χ4n) is 3.20. The second-order valence-electron chi connectivity index (χ2n) is 6.09. The Kier molecular flexibility index (Phi) is 4.74. The highest BCUT2D eigenvalue weighted by atomic mass is 16.5. The van der Waals surface area contributed by atoms with Crippen molar-refractivity contribution >= 4 is 11.8 Å². The zero-order valence-electron chi connectivity index (χ0n) is 14.7. The number of ether oxygens (including phenoxy) is 1. The third-order valence-corrected chi connectivity index (χ3v) is 4.61. The summed E-state index contributed by atoms with van der Waals surface area (Å²) in [6.07, 6.45) is 1.61. The van der Waals surface area contributed by atoms with Crippen LogP contribution in [0.4, 0.5) is 0 Å². The molecule has 0 bridgehead atoms. The van der Waals surface area contributed by atoms with E-state index in [9.17, 15) is 9.59 Å². The van der Waals surface area contributed by atoms with Gasteiger partial charge in [0.1, 0.15) is 11.4 Å². The lowest BCUT2D eigenvalue weighted by atomic mass is 10.0. The molecule has 3 rings (SSSR count). The minimum absolute atomic E-state index is 0.00782. The molecule has 2 amide bonds. The normalized spacial score (nSPS) is 17.5. The minimum Gasteiger partial charge on any atom is -0.497 e. The molecular weight excluding hydrogens is 320 g/mol. The molecule has 0 saturated carbocycles. The number of amides is 2. The first-order valence-electron chi connectivity index (χ1n) is 8.19. The molecule has 0 spiro atoms. The van der Waals surface area contributed by atoms with Gasteiger partial charge in [-0.2, -0.15) is 5.10 Å². The van der Waals surface area contributed by atoms with Crippen LogP contribution < -0.4 is 4.74 Å². The number of carbonyl (C=O) groups excluding carboxylic acids is 2. The van der Waals surface area contributed by atoms with Gasteiger partial charge in [-0.15, -0.1) is 0 Å². The minimum atomic E-state index is -0.172. The Hall–Kier alpha value is -2.83. The first-order chi connectivity index (χ1) is 12.0. The Labute approximate surface area is 146 Å². The van der Waals surface area contributed by atoms with Crippen LogP contribution in [0.5, 0.6) is 5.75 Å². The number of hydrogen-bond acceptors (Lipinski definition) is 4. The van der Waals surface area contributed by atoms with E-state index in [0.717, 1.165) is 11.3 Å². The van der Waals surface area contributed by atoms with E-state index >= 15 is 0 Å². The van der Waals surface area contributed by atoms with Crippen LogP contribution in [-0.4, -0.2) is 58.1 Å². The number of benzene rings is 1. The smallest absolute Gasteiger partial charge is 0.272 e. The van der Waals surface area contributed by atoms with E-state index < -0.39 is 0 Å². The maximum Gasteiger partial charge on any atom is 0.272 e. The predicted octanol–water partition coefficient (Wildman–Crippen LogP) is 1.47. The molecule has 1 aliphatic heterocycles. The topological polar surface area (TPSA) is 67.7 Å². The fraction of sp³-hybridized carbons (Fsp3) is 0.389. The molecular formula is C18H22N4O3. The molecule has 0 aliphatic carbocycles. The van der Waals surface area contributed by atoms with Gasteiger partial charge in [0.05, 0.1) is 13.2 Å². The summed E-state index contributed by atoms with van der Waals surface area (Å²) in [7, 11) is 3.37. The van der Waals surface area contributed by atoms with Crippen molar-refractivity contribution in [2.24, 2.45) is 7.05 Å². The maximum absolute atomic E-state index is 12.8. The number of methoxy groups -OCH3 is 1. The van der Waals surface area contributed by atoms with Crippen LogP contribution in [-0.2, 0) is 11.8 Å². The number of piperazine rings is 1. The van der Waals surface area contributed by atoms with Gasteiger partial charge in [0, 0.05) is 39.8 Å². The van der Waals surface area contributed by atoms with Crippen LogP contribution in [0.15, 0.2) is 36.5 Å². The van der Waals surface area contributed by atoms with E-state index in [1.165, 1.54) is 0 Å². The van der Waals surface area contributed by atoms with Gasteiger partial charge in [0.15, 0.2) is 0 Å². The maximum atomic E-state index is 12.8. The Bertz CT molecular complexity index is 769. The highest BCUT2D eigenvalue weighted by molar-refractivity contribution is 5.92. The highest BCUT2D eigenvalue weighted by Gasteiger charge is 2.33. The summed E-state index contributed by atoms with van der Waals surface area (Å²) >= 11 is 0. The van der Waals surface area contributed by atoms with Crippen LogP contribution in [0.1, 0.15) is 29.0 Å². The van der Waals surface area contributed by atoms with Gasteiger partial charge >= 0.3 is 0 Å². The van der Waals surface area contributed by atoms with Crippen molar-refractivity contribution in [3.8, 4) is 5.75 Å². The number of nitrogens with zero attached hydrogens (tertiary/aromatic N) is 4. The molecule has 1 aromatic carbocycles. The van der Waals surface area contributed by atoms with Crippen LogP contribution in [0.3, 0.4) is 0 Å². The monoisotopic (exact) mass is 342 g/mol. The molecule has 7 nitrogen and oxygen atoms in total. The number of hydrogen-bond donors (Lipinski definition) is 0. The van der Waals surface area contributed by atoms with Gasteiger partial charge in [0.25, 0.3) is 5.91 Å². The molecule has 1 aliphatic rings. The molecule has 2 aromatic rings. The molecule has 132 valence electrons. The van der Waals surface area contributed by atoms with Crippen molar-refractivity contribution in [2.75, 3.05) is 26.7 Å². The quantitative estimate of drug-likeness (QED) is 0.847. The second-order valence-corrected chi connectivity index (χ2v) is 6.09. The SMILES string of the molecule is COc1ccc([C@@H]2CN(C(=O)c3ccnn3C)CCN2C(C)=O)cc1. The molecule has 1 fully saturated rings. The van der Waals surface area contributed by atoms with Crippen LogP contribution in [0.2, 0.25) is 0 Å². The standard InChI is InChI=1S/C18H22N4O3/c1-13(23)22-11-10-21(18(24)16-8-9-19-20(16)2)12-17(22)14-4-6-15(25-3)7-5-14/h4-9,17H,10-12H2,1-3H3/t17-/m0/s1. The molecule has 1 aromatic heterocycles.